The summed E-state index contributed by atoms with van der Waals surface area (Å²) < 4.78 is 16.1. The molecule has 6 aliphatic heterocycles. The monoisotopic (exact) mass is 955 g/mol. The van der Waals surface area contributed by atoms with Crippen molar-refractivity contribution in [1.29, 1.82) is 0 Å². The van der Waals surface area contributed by atoms with Crippen LogP contribution in [0.1, 0.15) is 143 Å². The van der Waals surface area contributed by atoms with Crippen molar-refractivity contribution in [3.8, 4) is 0 Å². The van der Waals surface area contributed by atoms with Gasteiger partial charge in [-0.2, -0.15) is 0 Å². The third-order valence-corrected chi connectivity index (χ3v) is 17.6. The van der Waals surface area contributed by atoms with Gasteiger partial charge in [-0.3, -0.25) is 14.4 Å². The van der Waals surface area contributed by atoms with Crippen LogP contribution < -0.4 is 16.0 Å². The van der Waals surface area contributed by atoms with E-state index in [-0.39, 0.29) is 41.4 Å². The summed E-state index contributed by atoms with van der Waals surface area (Å²) >= 11 is 9.12. The highest BCUT2D eigenvalue weighted by Gasteiger charge is 2.81. The van der Waals surface area contributed by atoms with E-state index in [4.69, 9.17) is 25.8 Å². The fourth-order valence-corrected chi connectivity index (χ4v) is 13.8. The van der Waals surface area contributed by atoms with Gasteiger partial charge in [-0.25, -0.2) is 14.4 Å². The summed E-state index contributed by atoms with van der Waals surface area (Å²) in [6.07, 6.45) is 14.4. The Morgan fingerprint density at radius 3 is 1.11 bits per heavy atom. The summed E-state index contributed by atoms with van der Waals surface area (Å²) in [6, 6.07) is 0. The molecule has 3 amide bonds. The molecular weight excluding hydrogens is 890 g/mol. The van der Waals surface area contributed by atoms with Crippen molar-refractivity contribution in [2.45, 2.75) is 195 Å². The molecule has 12 atom stereocenters. The fraction of sp³-hybridized carbons (Fsp3) is 0.867. The molecule has 348 valence electrons. The van der Waals surface area contributed by atoms with Gasteiger partial charge in [0, 0.05) is 11.2 Å². The number of amides is 3. The number of carbonyl (C=O) groups excluding carboxylic acids is 6. The number of hydrogen-bond donors (Lipinski definition) is 6. The van der Waals surface area contributed by atoms with Gasteiger partial charge in [0.15, 0.2) is 16.8 Å². The number of ether oxygens (including phenoxy) is 3. The Bertz CT molecular complexity index is 1690. The van der Waals surface area contributed by atoms with E-state index in [0.717, 1.165) is 77.0 Å². The maximum absolute atomic E-state index is 12.3. The molecule has 0 aromatic heterocycles. The Balaban J connectivity index is 0.000000140. The van der Waals surface area contributed by atoms with Crippen molar-refractivity contribution < 1.29 is 58.3 Å². The van der Waals surface area contributed by atoms with Gasteiger partial charge in [0.1, 0.15) is 0 Å². The van der Waals surface area contributed by atoms with Crippen LogP contribution in [-0.2, 0) is 43.0 Å². The average molecular weight is 957 g/mol. The van der Waals surface area contributed by atoms with Gasteiger partial charge in [-0.15, -0.1) is 11.6 Å². The highest BCUT2D eigenvalue weighted by atomic mass is 79.9. The van der Waals surface area contributed by atoms with Crippen LogP contribution in [0, 0.1) is 35.5 Å². The molecule has 0 bridgehead atoms. The van der Waals surface area contributed by atoms with E-state index < -0.39 is 81.5 Å². The van der Waals surface area contributed by atoms with Gasteiger partial charge < -0.3 is 45.5 Å². The second kappa shape index (κ2) is 17.7. The quantitative estimate of drug-likeness (QED) is 0.0982. The third-order valence-electron chi connectivity index (χ3n) is 17.0. The highest BCUT2D eigenvalue weighted by Crippen LogP contribution is 2.56. The number of halogens is 2. The standard InChI is InChI=1S/C15H22BrNO4.C15H22ClNO4.C15H23NO4/c2*1-14-10(7-8-16)12(19)17-15(14,13(20)21-14)11(18)9-5-3-2-4-6-9;1-3-10-12(18)16-15(13(19)20-14(10,15)2)11(17)9-7-5-4-6-8-9/h2*9-11,18H,2-8H2,1H3,(H,17,19);9-11,17H,3-8H2,1-2H3,(H,16,18). The Morgan fingerprint density at radius 1 is 0.548 bits per heavy atom. The predicted molar refractivity (Wildman–Crippen MR) is 228 cm³/mol. The van der Waals surface area contributed by atoms with Crippen molar-refractivity contribution in [3.63, 3.8) is 0 Å². The van der Waals surface area contributed by atoms with Crippen LogP contribution in [0.5, 0.6) is 0 Å². The van der Waals surface area contributed by atoms with Gasteiger partial charge in [0.2, 0.25) is 34.3 Å². The number of hydrogen-bond acceptors (Lipinski definition) is 12. The minimum Gasteiger partial charge on any atom is -0.453 e. The first-order valence-electron chi connectivity index (χ1n) is 23.2. The number of fused-ring (bicyclic) bond motifs is 3. The van der Waals surface area contributed by atoms with E-state index in [2.05, 4.69) is 31.9 Å². The molecule has 6 N–H and O–H groups in total. The summed E-state index contributed by atoms with van der Waals surface area (Å²) in [5, 5.41) is 41.5. The summed E-state index contributed by atoms with van der Waals surface area (Å²) in [4.78, 5) is 73.2. The summed E-state index contributed by atoms with van der Waals surface area (Å²) in [5.41, 5.74) is -6.53. The Morgan fingerprint density at radius 2 is 0.839 bits per heavy atom. The van der Waals surface area contributed by atoms with E-state index in [1.165, 1.54) is 19.3 Å². The number of aliphatic hydroxyl groups excluding tert-OH is 3. The van der Waals surface area contributed by atoms with Crippen LogP contribution in [0.3, 0.4) is 0 Å². The molecule has 62 heavy (non-hydrogen) atoms. The lowest BCUT2D eigenvalue weighted by atomic mass is 9.64. The molecular formula is C45H67BrClN3O12. The molecule has 9 aliphatic rings. The molecule has 0 aromatic rings. The largest absolute Gasteiger partial charge is 0.453 e. The first kappa shape index (κ1) is 47.4. The molecule has 17 heteroatoms. The number of rotatable bonds is 11. The first-order valence-corrected chi connectivity index (χ1v) is 24.9. The van der Waals surface area contributed by atoms with Crippen LogP contribution in [0.4, 0.5) is 0 Å². The average Bonchev–Trinajstić information content (AvgIpc) is 3.65. The zero-order chi connectivity index (χ0) is 45.0. The van der Waals surface area contributed by atoms with E-state index in [0.29, 0.717) is 30.5 Å². The second-order valence-corrected chi connectivity index (χ2v) is 21.1. The van der Waals surface area contributed by atoms with Gasteiger partial charge in [0.05, 0.1) is 36.1 Å². The molecule has 6 heterocycles. The maximum atomic E-state index is 12.3. The molecule has 3 saturated carbocycles. The number of aliphatic hydroxyl groups is 3. The third kappa shape index (κ3) is 6.77. The van der Waals surface area contributed by atoms with Gasteiger partial charge in [-0.1, -0.05) is 80.6 Å². The zero-order valence-corrected chi connectivity index (χ0v) is 39.0. The minimum atomic E-state index is -1.27. The minimum absolute atomic E-state index is 0.0426. The van der Waals surface area contributed by atoms with Crippen LogP contribution in [0.15, 0.2) is 0 Å². The topological polar surface area (TPSA) is 227 Å². The number of alkyl halides is 2. The van der Waals surface area contributed by atoms with Crippen molar-refractivity contribution in [3.05, 3.63) is 0 Å². The van der Waals surface area contributed by atoms with Crippen LogP contribution in [0.2, 0.25) is 0 Å². The number of carbonyl (C=O) groups is 6. The Hall–Kier alpha value is -2.53. The maximum Gasteiger partial charge on any atom is 0.339 e. The molecule has 15 nitrogen and oxygen atoms in total. The van der Waals surface area contributed by atoms with E-state index >= 15 is 0 Å². The molecule has 0 radical (unpaired) electrons. The van der Waals surface area contributed by atoms with Gasteiger partial charge in [0.25, 0.3) is 0 Å². The van der Waals surface area contributed by atoms with Crippen molar-refractivity contribution >= 4 is 63.2 Å². The molecule has 9 rings (SSSR count). The van der Waals surface area contributed by atoms with Crippen LogP contribution in [-0.4, -0.2) is 114 Å². The SMILES string of the molecule is CC12OC(=O)C1(C(O)C1CCCCC1)NC(=O)C2CCBr.CC12OC(=O)C1(C(O)C1CCCCC1)NC(=O)C2CCCl.CCC1C(=O)NC2(C(O)C3CCCCC3)C(=O)OC12C. The fourth-order valence-electron chi connectivity index (χ4n) is 13.2. The summed E-state index contributed by atoms with van der Waals surface area (Å²) in [6.45, 7) is 7.22. The van der Waals surface area contributed by atoms with Crippen molar-refractivity contribution in [1.82, 2.24) is 16.0 Å². The lowest BCUT2D eigenvalue weighted by Gasteiger charge is -2.55. The molecule has 0 aromatic carbocycles. The van der Waals surface area contributed by atoms with Crippen LogP contribution >= 0.6 is 27.5 Å². The molecule has 0 spiro atoms. The van der Waals surface area contributed by atoms with Crippen molar-refractivity contribution in [2.75, 3.05) is 11.2 Å². The normalized spacial score (nSPS) is 41.5. The number of esters is 3. The molecule has 3 aliphatic carbocycles. The highest BCUT2D eigenvalue weighted by molar-refractivity contribution is 9.09. The number of nitrogens with one attached hydrogen (secondary N) is 3. The molecule has 9 fully saturated rings. The first-order chi connectivity index (χ1) is 29.4. The summed E-state index contributed by atoms with van der Waals surface area (Å²) in [5.74, 6) is -2.78. The zero-order valence-electron chi connectivity index (χ0n) is 36.6. The molecule has 6 saturated heterocycles. The molecule has 12 unspecified atom stereocenters. The Labute approximate surface area is 377 Å². The smallest absolute Gasteiger partial charge is 0.339 e. The second-order valence-electron chi connectivity index (χ2n) is 19.9. The predicted octanol–water partition coefficient (Wildman–Crippen LogP) is 4.01. The van der Waals surface area contributed by atoms with Gasteiger partial charge >= 0.3 is 17.9 Å². The van der Waals surface area contributed by atoms with Crippen molar-refractivity contribution in [2.24, 2.45) is 35.5 Å². The van der Waals surface area contributed by atoms with E-state index in [9.17, 15) is 44.1 Å². The van der Waals surface area contributed by atoms with Crippen LogP contribution in [0.25, 0.3) is 0 Å². The lowest BCUT2D eigenvalue weighted by Crippen LogP contribution is -2.80. The van der Waals surface area contributed by atoms with E-state index in [1.54, 1.807) is 20.8 Å². The lowest BCUT2D eigenvalue weighted by molar-refractivity contribution is -0.241. The van der Waals surface area contributed by atoms with E-state index in [1.807, 2.05) is 6.92 Å². The van der Waals surface area contributed by atoms with Gasteiger partial charge in [-0.05, 0) is 96.3 Å². The Kier molecular flexibility index (Phi) is 13.5. The summed E-state index contributed by atoms with van der Waals surface area (Å²) in [7, 11) is 0.